The van der Waals surface area contributed by atoms with E-state index >= 15 is 0 Å². The van der Waals surface area contributed by atoms with Gasteiger partial charge in [-0.25, -0.2) is 4.79 Å². The summed E-state index contributed by atoms with van der Waals surface area (Å²) in [6.07, 6.45) is 6.26. The molecule has 11 heteroatoms. The van der Waals surface area contributed by atoms with E-state index in [9.17, 15) is 24.6 Å². The minimum Gasteiger partial charge on any atom is -0.389 e. The number of carbonyl (C=O) groups is 1. The van der Waals surface area contributed by atoms with Gasteiger partial charge in [0.25, 0.3) is 11.5 Å². The van der Waals surface area contributed by atoms with Gasteiger partial charge in [-0.2, -0.15) is 9.78 Å². The summed E-state index contributed by atoms with van der Waals surface area (Å²) >= 11 is 6.25. The number of hydrogen-bond acceptors (Lipinski definition) is 7. The number of aromatic nitrogens is 3. The van der Waals surface area contributed by atoms with Crippen molar-refractivity contribution in [1.29, 1.82) is 0 Å². The number of amides is 1. The molecule has 0 radical (unpaired) electrons. The Bertz CT molecular complexity index is 1110. The van der Waals surface area contributed by atoms with Gasteiger partial charge in [-0.3, -0.25) is 14.2 Å². The molecule has 1 fully saturated rings. The molecule has 1 aliphatic rings. The summed E-state index contributed by atoms with van der Waals surface area (Å²) < 4.78 is 6.64. The van der Waals surface area contributed by atoms with Gasteiger partial charge in [0.15, 0.2) is 0 Å². The Morgan fingerprint density at radius 2 is 1.91 bits per heavy atom. The first-order valence-corrected chi connectivity index (χ1v) is 11.8. The zero-order valence-corrected chi connectivity index (χ0v) is 20.0. The predicted octanol–water partition coefficient (Wildman–Crippen LogP) is 1.26. The number of benzene rings is 1. The molecule has 0 saturated heterocycles. The van der Waals surface area contributed by atoms with E-state index in [0.29, 0.717) is 12.8 Å². The minimum absolute atomic E-state index is 0.0498. The maximum Gasteiger partial charge on any atom is 0.352 e. The molecule has 1 heterocycles. The molecular formula is C23H31ClN4O6. The first kappa shape index (κ1) is 26.1. The topological polar surface area (TPSA) is 136 Å². The zero-order chi connectivity index (χ0) is 24.7. The largest absolute Gasteiger partial charge is 0.389 e. The summed E-state index contributed by atoms with van der Waals surface area (Å²) in [6.45, 7) is -0.216. The Morgan fingerprint density at radius 1 is 1.24 bits per heavy atom. The molecule has 3 rings (SSSR count). The van der Waals surface area contributed by atoms with Gasteiger partial charge in [-0.15, -0.1) is 0 Å². The Kier molecular flexibility index (Phi) is 9.01. The van der Waals surface area contributed by atoms with Crippen molar-refractivity contribution in [1.82, 2.24) is 19.7 Å². The summed E-state index contributed by atoms with van der Waals surface area (Å²) in [4.78, 5) is 37.9. The summed E-state index contributed by atoms with van der Waals surface area (Å²) in [7, 11) is 1.40. The van der Waals surface area contributed by atoms with E-state index in [-0.39, 0.29) is 36.0 Å². The van der Waals surface area contributed by atoms with Gasteiger partial charge in [0.2, 0.25) is 0 Å². The zero-order valence-electron chi connectivity index (χ0n) is 19.2. The van der Waals surface area contributed by atoms with Crippen molar-refractivity contribution in [3.05, 3.63) is 55.8 Å². The van der Waals surface area contributed by atoms with E-state index in [1.807, 2.05) is 0 Å². The fraction of sp³-hybridized carbons (Fsp3) is 0.565. The number of aliphatic hydroxyl groups is 2. The highest BCUT2D eigenvalue weighted by atomic mass is 35.5. The van der Waals surface area contributed by atoms with Crippen molar-refractivity contribution in [3.63, 3.8) is 0 Å². The molecule has 0 bridgehead atoms. The van der Waals surface area contributed by atoms with Crippen LogP contribution in [0.4, 0.5) is 0 Å². The second-order valence-corrected chi connectivity index (χ2v) is 9.14. The van der Waals surface area contributed by atoms with Crippen molar-refractivity contribution < 1.29 is 19.7 Å². The minimum atomic E-state index is -1.06. The molecule has 10 nitrogen and oxygen atoms in total. The molecule has 0 spiro atoms. The van der Waals surface area contributed by atoms with Crippen molar-refractivity contribution in [3.8, 4) is 5.69 Å². The second-order valence-electron chi connectivity index (χ2n) is 8.74. The van der Waals surface area contributed by atoms with Crippen LogP contribution < -0.4 is 16.6 Å². The van der Waals surface area contributed by atoms with Gasteiger partial charge >= 0.3 is 5.69 Å². The first-order chi connectivity index (χ1) is 16.2. The molecule has 2 aromatic rings. The molecule has 1 atom stereocenters. The number of carbonyl (C=O) groups excluding carboxylic acids is 1. The van der Waals surface area contributed by atoms with Gasteiger partial charge in [0.05, 0.1) is 41.1 Å². The summed E-state index contributed by atoms with van der Waals surface area (Å²) in [5.41, 5.74) is -2.08. The number of methoxy groups -OCH3 is 1. The monoisotopic (exact) mass is 494 g/mol. The number of nitrogens with zero attached hydrogens (tertiary/aromatic N) is 3. The van der Waals surface area contributed by atoms with E-state index in [1.54, 1.807) is 0 Å². The fourth-order valence-corrected chi connectivity index (χ4v) is 4.34. The van der Waals surface area contributed by atoms with Crippen molar-refractivity contribution in [2.75, 3.05) is 20.3 Å². The molecule has 0 aliphatic heterocycles. The van der Waals surface area contributed by atoms with Crippen molar-refractivity contribution in [2.45, 2.75) is 63.2 Å². The number of aliphatic hydroxyl groups excluding tert-OH is 1. The SMILES string of the molecule is COCC(O)Cn1c(=O)cnn(-c2ccc(Cl)c(C(=O)NCC3(O)CCCCCCC3)c2)c1=O. The lowest BCUT2D eigenvalue weighted by Crippen LogP contribution is -2.44. The Morgan fingerprint density at radius 3 is 2.59 bits per heavy atom. The van der Waals surface area contributed by atoms with Crippen LogP contribution in [0.15, 0.2) is 34.0 Å². The Balaban J connectivity index is 1.83. The predicted molar refractivity (Wildman–Crippen MR) is 127 cm³/mol. The normalized spacial score (nSPS) is 16.9. The molecule has 1 amide bonds. The van der Waals surface area contributed by atoms with Gasteiger partial charge < -0.3 is 20.3 Å². The van der Waals surface area contributed by atoms with Crippen LogP contribution in [0.5, 0.6) is 0 Å². The number of hydrogen-bond donors (Lipinski definition) is 3. The highest BCUT2D eigenvalue weighted by molar-refractivity contribution is 6.33. The fourth-order valence-electron chi connectivity index (χ4n) is 4.14. The molecule has 1 aromatic heterocycles. The Hall–Kier alpha value is -2.53. The quantitative estimate of drug-likeness (QED) is 0.502. The molecule has 3 N–H and O–H groups in total. The van der Waals surface area contributed by atoms with Crippen LogP contribution in [-0.4, -0.2) is 62.4 Å². The van der Waals surface area contributed by atoms with Gasteiger partial charge in [-0.05, 0) is 31.0 Å². The third-order valence-corrected chi connectivity index (χ3v) is 6.35. The molecule has 1 unspecified atom stereocenters. The van der Waals surface area contributed by atoms with Crippen molar-refractivity contribution in [2.24, 2.45) is 0 Å². The summed E-state index contributed by atoms with van der Waals surface area (Å²) in [5, 5.41) is 27.7. The number of halogens is 1. The van der Waals surface area contributed by atoms with Crippen molar-refractivity contribution >= 4 is 17.5 Å². The van der Waals surface area contributed by atoms with Crippen LogP contribution in [0, 0.1) is 0 Å². The number of nitrogens with one attached hydrogen (secondary N) is 1. The number of rotatable bonds is 8. The lowest BCUT2D eigenvalue weighted by Gasteiger charge is -2.30. The Labute approximate surface area is 202 Å². The van der Waals surface area contributed by atoms with Gasteiger partial charge in [0, 0.05) is 13.7 Å². The molecule has 1 aliphatic carbocycles. The van der Waals surface area contributed by atoms with E-state index in [0.717, 1.165) is 47.5 Å². The van der Waals surface area contributed by atoms with Crippen LogP contribution in [0.25, 0.3) is 5.69 Å². The standard InChI is InChI=1S/C23H31ClN4O6/c1-34-14-17(29)13-27-20(30)12-26-28(22(27)32)16-7-8-19(24)18(11-16)21(31)25-15-23(33)9-5-3-2-4-6-10-23/h7-8,11-12,17,29,33H,2-6,9-10,13-15H2,1H3,(H,25,31). The summed E-state index contributed by atoms with van der Waals surface area (Å²) in [5.74, 6) is -0.487. The number of ether oxygens (including phenoxy) is 1. The van der Waals surface area contributed by atoms with Crippen LogP contribution in [-0.2, 0) is 11.3 Å². The average Bonchev–Trinajstić information content (AvgIpc) is 2.79. The summed E-state index contributed by atoms with van der Waals surface area (Å²) in [6, 6.07) is 4.35. The molecular weight excluding hydrogens is 464 g/mol. The smallest absolute Gasteiger partial charge is 0.352 e. The van der Waals surface area contributed by atoms with Gasteiger partial charge in [-0.1, -0.05) is 43.7 Å². The van der Waals surface area contributed by atoms with E-state index in [1.165, 1.54) is 25.3 Å². The van der Waals surface area contributed by atoms with Gasteiger partial charge in [0.1, 0.15) is 6.20 Å². The molecule has 34 heavy (non-hydrogen) atoms. The van der Waals surface area contributed by atoms with E-state index in [2.05, 4.69) is 10.4 Å². The highest BCUT2D eigenvalue weighted by Gasteiger charge is 2.28. The first-order valence-electron chi connectivity index (χ1n) is 11.4. The van der Waals surface area contributed by atoms with E-state index in [4.69, 9.17) is 16.3 Å². The molecule has 1 aromatic carbocycles. The second kappa shape index (κ2) is 11.7. The lowest BCUT2D eigenvalue weighted by atomic mass is 9.87. The van der Waals surface area contributed by atoms with Crippen LogP contribution >= 0.6 is 11.6 Å². The van der Waals surface area contributed by atoms with Crippen LogP contribution in [0.1, 0.15) is 55.3 Å². The molecule has 1 saturated carbocycles. The third kappa shape index (κ3) is 6.53. The van der Waals surface area contributed by atoms with Crippen LogP contribution in [0.2, 0.25) is 5.02 Å². The average molecular weight is 495 g/mol. The highest BCUT2D eigenvalue weighted by Crippen LogP contribution is 2.26. The molecule has 186 valence electrons. The lowest BCUT2D eigenvalue weighted by molar-refractivity contribution is 0.0146. The maximum atomic E-state index is 12.9. The van der Waals surface area contributed by atoms with Crippen LogP contribution in [0.3, 0.4) is 0 Å². The maximum absolute atomic E-state index is 12.9. The third-order valence-electron chi connectivity index (χ3n) is 6.02. The van der Waals surface area contributed by atoms with E-state index < -0.39 is 28.9 Å².